The third-order valence-electron chi connectivity index (χ3n) is 5.46. The molecule has 0 radical (unpaired) electrons. The molecule has 9 nitrogen and oxygen atoms in total. The summed E-state index contributed by atoms with van der Waals surface area (Å²) in [4.78, 5) is 12.9. The van der Waals surface area contributed by atoms with Crippen LogP contribution in [0.5, 0.6) is 5.75 Å². The molecule has 3 aromatic carbocycles. The lowest BCUT2D eigenvalue weighted by Gasteiger charge is -2.12. The van der Waals surface area contributed by atoms with Gasteiger partial charge >= 0.3 is 15.5 Å². The third-order valence-corrected chi connectivity index (χ3v) is 6.57. The molecule has 1 aromatic heterocycles. The molecule has 0 saturated carbocycles. The van der Waals surface area contributed by atoms with Crippen molar-refractivity contribution in [3.63, 3.8) is 0 Å². The Hall–Kier alpha value is -4.46. The highest BCUT2D eigenvalue weighted by atomic mass is 32.2. The van der Waals surface area contributed by atoms with E-state index in [4.69, 9.17) is 0 Å². The van der Waals surface area contributed by atoms with Crippen LogP contribution in [0.2, 0.25) is 0 Å². The van der Waals surface area contributed by atoms with E-state index in [1.807, 2.05) is 0 Å². The molecule has 0 spiro atoms. The fourth-order valence-corrected chi connectivity index (χ4v) is 4.02. The van der Waals surface area contributed by atoms with Crippen molar-refractivity contribution in [3.05, 3.63) is 88.1 Å². The summed E-state index contributed by atoms with van der Waals surface area (Å²) in [6.07, 6.45) is 0. The quantitative estimate of drug-likeness (QED) is 0.202. The summed E-state index contributed by atoms with van der Waals surface area (Å²) >= 11 is 0. The van der Waals surface area contributed by atoms with Crippen LogP contribution < -0.4 is 10.3 Å². The van der Waals surface area contributed by atoms with Crippen LogP contribution in [0.15, 0.2) is 75.7 Å². The number of nitrogens with zero attached hydrogens (tertiary/aromatic N) is 3. The van der Waals surface area contributed by atoms with Crippen LogP contribution in [0.4, 0.5) is 34.6 Å². The number of azo groups is 1. The predicted octanol–water partition coefficient (Wildman–Crippen LogP) is 5.97. The summed E-state index contributed by atoms with van der Waals surface area (Å²) in [5.41, 5.74) is -5.39. The maximum atomic E-state index is 14.0. The number of aromatic hydroxyl groups is 1. The molecule has 14 heteroatoms. The van der Waals surface area contributed by atoms with Gasteiger partial charge in [0.25, 0.3) is 5.56 Å². The van der Waals surface area contributed by atoms with Crippen molar-refractivity contribution in [1.29, 1.82) is 0 Å². The Kier molecular flexibility index (Phi) is 6.84. The molecule has 0 bridgehead atoms. The van der Waals surface area contributed by atoms with E-state index in [1.54, 1.807) is 19.9 Å². The predicted molar refractivity (Wildman–Crippen MR) is 132 cm³/mol. The summed E-state index contributed by atoms with van der Waals surface area (Å²) in [5, 5.41) is 21.4. The molecule has 0 unspecified atom stereocenters. The number of sulfonamides is 1. The minimum Gasteiger partial charge on any atom is -0.505 e. The Morgan fingerprint density at radius 3 is 2.39 bits per heavy atom. The number of aromatic amines is 1. The average molecular weight is 550 g/mol. The van der Waals surface area contributed by atoms with Crippen LogP contribution in [0.25, 0.3) is 16.8 Å². The Morgan fingerprint density at radius 2 is 1.71 bits per heavy atom. The monoisotopic (exact) mass is 549 g/mol. The maximum Gasteiger partial charge on any atom is 0.516 e. The maximum absolute atomic E-state index is 14.0. The van der Waals surface area contributed by atoms with Gasteiger partial charge in [0.1, 0.15) is 11.5 Å². The Bertz CT molecular complexity index is 1730. The number of alkyl halides is 3. The molecule has 4 rings (SSSR count). The number of benzene rings is 3. The molecular weight excluding hydrogens is 530 g/mol. The number of para-hydroxylation sites is 1. The molecule has 4 aromatic rings. The lowest BCUT2D eigenvalue weighted by Crippen LogP contribution is -2.29. The molecule has 0 aliphatic rings. The van der Waals surface area contributed by atoms with Crippen LogP contribution in [-0.2, 0) is 10.0 Å². The van der Waals surface area contributed by atoms with E-state index >= 15 is 0 Å². The minimum atomic E-state index is -5.64. The van der Waals surface area contributed by atoms with Crippen molar-refractivity contribution >= 4 is 27.1 Å². The third kappa shape index (κ3) is 5.16. The van der Waals surface area contributed by atoms with E-state index in [0.29, 0.717) is 11.3 Å². The second-order valence-corrected chi connectivity index (χ2v) is 9.84. The molecule has 38 heavy (non-hydrogen) atoms. The summed E-state index contributed by atoms with van der Waals surface area (Å²) in [6, 6.07) is 13.5. The van der Waals surface area contributed by atoms with E-state index in [-0.39, 0.29) is 33.9 Å². The minimum absolute atomic E-state index is 0.0725. The topological polar surface area (TPSA) is 129 Å². The normalized spacial score (nSPS) is 12.3. The molecule has 0 amide bonds. The number of anilines is 1. The molecule has 198 valence electrons. The Morgan fingerprint density at radius 1 is 1.00 bits per heavy atom. The van der Waals surface area contributed by atoms with Crippen molar-refractivity contribution in [1.82, 2.24) is 9.78 Å². The molecule has 0 aliphatic carbocycles. The van der Waals surface area contributed by atoms with E-state index < -0.39 is 32.7 Å². The number of halogens is 4. The van der Waals surface area contributed by atoms with Crippen molar-refractivity contribution in [2.75, 3.05) is 4.72 Å². The highest BCUT2D eigenvalue weighted by Crippen LogP contribution is 2.39. The van der Waals surface area contributed by atoms with Crippen LogP contribution in [0.1, 0.15) is 11.3 Å². The van der Waals surface area contributed by atoms with Crippen LogP contribution in [0.3, 0.4) is 0 Å². The molecule has 0 aliphatic heterocycles. The summed E-state index contributed by atoms with van der Waals surface area (Å²) in [7, 11) is -5.64. The SMILES string of the molecule is Cc1ccc(-n2[nH]c(C)c(N=Nc3cccc(-c4cccc(NS(=O)(=O)C(F)(F)F)c4)c3O)c2=O)cc1F. The fraction of sp³-hybridized carbons (Fsp3) is 0.125. The van der Waals surface area contributed by atoms with Gasteiger partial charge in [-0.3, -0.25) is 14.6 Å². The van der Waals surface area contributed by atoms with Gasteiger partial charge in [0.2, 0.25) is 0 Å². The van der Waals surface area contributed by atoms with Gasteiger partial charge in [-0.05, 0) is 55.3 Å². The first kappa shape index (κ1) is 26.6. The first-order chi connectivity index (χ1) is 17.8. The van der Waals surface area contributed by atoms with Gasteiger partial charge in [-0.2, -0.15) is 21.6 Å². The fourth-order valence-electron chi connectivity index (χ4n) is 3.47. The van der Waals surface area contributed by atoms with E-state index in [0.717, 1.165) is 16.8 Å². The summed E-state index contributed by atoms with van der Waals surface area (Å²) in [5.74, 6) is -0.914. The molecule has 0 atom stereocenters. The number of hydrogen-bond acceptors (Lipinski definition) is 6. The van der Waals surface area contributed by atoms with E-state index in [2.05, 4.69) is 15.3 Å². The highest BCUT2D eigenvalue weighted by molar-refractivity contribution is 7.93. The number of aryl methyl sites for hydroxylation is 2. The van der Waals surface area contributed by atoms with Gasteiger partial charge < -0.3 is 5.11 Å². The average Bonchev–Trinajstić information content (AvgIpc) is 3.12. The van der Waals surface area contributed by atoms with E-state index in [9.17, 15) is 35.9 Å². The highest BCUT2D eigenvalue weighted by Gasteiger charge is 2.46. The Balaban J connectivity index is 1.66. The van der Waals surface area contributed by atoms with Crippen molar-refractivity contribution in [2.24, 2.45) is 10.2 Å². The number of H-pyrrole nitrogens is 1. The van der Waals surface area contributed by atoms with Gasteiger partial charge in [-0.15, -0.1) is 10.2 Å². The number of rotatable bonds is 6. The zero-order valence-electron chi connectivity index (χ0n) is 19.7. The smallest absolute Gasteiger partial charge is 0.505 e. The number of nitrogens with one attached hydrogen (secondary N) is 2. The summed E-state index contributed by atoms with van der Waals surface area (Å²) < 4.78 is 77.5. The first-order valence-electron chi connectivity index (χ1n) is 10.8. The zero-order valence-corrected chi connectivity index (χ0v) is 20.5. The van der Waals surface area contributed by atoms with Gasteiger partial charge in [-0.25, -0.2) is 9.07 Å². The molecule has 0 saturated heterocycles. The van der Waals surface area contributed by atoms with Crippen LogP contribution in [0, 0.1) is 19.7 Å². The molecular formula is C24H19F4N5O4S. The van der Waals surface area contributed by atoms with Gasteiger partial charge in [0.15, 0.2) is 11.4 Å². The number of phenols is 1. The van der Waals surface area contributed by atoms with Crippen LogP contribution >= 0.6 is 0 Å². The Labute approximate surface area is 213 Å². The van der Waals surface area contributed by atoms with Crippen molar-refractivity contribution in [3.8, 4) is 22.6 Å². The van der Waals surface area contributed by atoms with Crippen LogP contribution in [-0.4, -0.2) is 28.8 Å². The van der Waals surface area contributed by atoms with Crippen molar-refractivity contribution < 1.29 is 31.1 Å². The lowest BCUT2D eigenvalue weighted by molar-refractivity contribution is -0.0429. The largest absolute Gasteiger partial charge is 0.516 e. The van der Waals surface area contributed by atoms with Gasteiger partial charge in [-0.1, -0.05) is 30.3 Å². The standard InChI is InChI=1S/C24H19F4N5O4S/c1-13-9-10-17(12-19(13)25)33-23(35)21(14(2)31-33)30-29-20-8-4-7-18(22(20)34)15-5-3-6-16(11-15)32-38(36,37)24(26,27)28/h3-12,31-32,34H,1-2H3. The van der Waals surface area contributed by atoms with E-state index in [1.165, 1.54) is 47.2 Å². The number of aromatic nitrogens is 2. The number of phenolic OH excluding ortho intramolecular Hbond substituents is 1. The second-order valence-electron chi connectivity index (χ2n) is 8.16. The first-order valence-corrected chi connectivity index (χ1v) is 12.3. The number of hydrogen-bond donors (Lipinski definition) is 3. The van der Waals surface area contributed by atoms with Gasteiger partial charge in [0, 0.05) is 11.3 Å². The summed E-state index contributed by atoms with van der Waals surface area (Å²) in [6.45, 7) is 3.14. The van der Waals surface area contributed by atoms with Gasteiger partial charge in [0.05, 0.1) is 11.4 Å². The van der Waals surface area contributed by atoms with Crippen molar-refractivity contribution in [2.45, 2.75) is 19.4 Å². The lowest BCUT2D eigenvalue weighted by atomic mass is 10.0. The molecule has 1 heterocycles. The molecule has 3 N–H and O–H groups in total. The molecule has 0 fully saturated rings. The zero-order chi connectivity index (χ0) is 27.8. The second kappa shape index (κ2) is 9.78.